The van der Waals surface area contributed by atoms with Crippen LogP contribution in [0.1, 0.15) is 184 Å². The van der Waals surface area contributed by atoms with Gasteiger partial charge in [-0.3, -0.25) is 4.79 Å². The fraction of sp³-hybridized carbons (Fsp3) is 0.673. The van der Waals surface area contributed by atoms with Crippen molar-refractivity contribution in [1.82, 2.24) is 0 Å². The van der Waals surface area contributed by atoms with Gasteiger partial charge in [-0.05, 0) is 62.3 Å². The summed E-state index contributed by atoms with van der Waals surface area (Å²) < 4.78 is 34.0. The second-order valence-corrected chi connectivity index (χ2v) is 15.6. The lowest BCUT2D eigenvalue weighted by atomic mass is 10.1. The van der Waals surface area contributed by atoms with E-state index in [1.54, 1.807) is 12.1 Å². The van der Waals surface area contributed by atoms with E-state index in [0.717, 1.165) is 116 Å². The van der Waals surface area contributed by atoms with Crippen LogP contribution in [-0.4, -0.2) is 62.8 Å². The Hall–Kier alpha value is -3.79. The molecule has 1 aromatic carbocycles. The monoisotopic (exact) mass is 861 g/mol. The van der Waals surface area contributed by atoms with Crippen LogP contribution in [0.25, 0.3) is 0 Å². The smallest absolute Gasteiger partial charge is 0.330 e. The van der Waals surface area contributed by atoms with Crippen molar-refractivity contribution < 1.29 is 47.6 Å². The van der Waals surface area contributed by atoms with Crippen molar-refractivity contribution in [2.75, 3.05) is 39.6 Å². The number of hydrogen-bond acceptors (Lipinski definition) is 10. The minimum Gasteiger partial charge on any atom is -0.490 e. The molecule has 0 unspecified atom stereocenters. The summed E-state index contributed by atoms with van der Waals surface area (Å²) in [5.74, 6) is 0.447. The lowest BCUT2D eigenvalue weighted by molar-refractivity contribution is -0.138. The maximum Gasteiger partial charge on any atom is 0.330 e. The highest BCUT2D eigenvalue weighted by Gasteiger charge is 2.18. The largest absolute Gasteiger partial charge is 0.490 e. The van der Waals surface area contributed by atoms with Gasteiger partial charge in [0.2, 0.25) is 5.75 Å². The van der Waals surface area contributed by atoms with Crippen LogP contribution in [-0.2, 0) is 28.6 Å². The maximum atomic E-state index is 12.3. The Morgan fingerprint density at radius 2 is 0.617 bits per heavy atom. The van der Waals surface area contributed by atoms with E-state index in [2.05, 4.69) is 19.7 Å². The van der Waals surface area contributed by atoms with Gasteiger partial charge < -0.3 is 28.4 Å². The second-order valence-electron chi connectivity index (χ2n) is 15.3. The summed E-state index contributed by atoms with van der Waals surface area (Å²) in [4.78, 5) is 45.7. The standard InChI is InChI=1S/C49H77ClO10/c1-4-45(51)57-36-30-24-18-12-7-10-16-22-28-34-55-43-40-42(49(50)54)41-44(56-35-29-23-17-11-8-13-19-25-31-37-58-46(52)5-2)48(43)60-39-33-27-21-15-9-14-20-26-32-38-59-47(53)6-3/h4-6,40-41H,1-3,7-39H2. The first-order chi connectivity index (χ1) is 29.3. The van der Waals surface area contributed by atoms with Crippen LogP contribution in [0.3, 0.4) is 0 Å². The minimum atomic E-state index is -0.567. The summed E-state index contributed by atoms with van der Waals surface area (Å²) in [5.41, 5.74) is 0.324. The predicted octanol–water partition coefficient (Wildman–Crippen LogP) is 12.9. The Kier molecular flexibility index (Phi) is 35.6. The molecular weight excluding hydrogens is 784 g/mol. The molecule has 0 aliphatic carbocycles. The van der Waals surface area contributed by atoms with Gasteiger partial charge in [0.1, 0.15) is 0 Å². The van der Waals surface area contributed by atoms with Gasteiger partial charge in [-0.1, -0.05) is 155 Å². The van der Waals surface area contributed by atoms with E-state index in [4.69, 9.17) is 40.0 Å². The average Bonchev–Trinajstić information content (AvgIpc) is 3.25. The molecule has 340 valence electrons. The molecule has 0 N–H and O–H groups in total. The topological polar surface area (TPSA) is 124 Å². The molecule has 1 aromatic rings. The molecule has 0 heterocycles. The molecule has 0 bridgehead atoms. The van der Waals surface area contributed by atoms with Crippen molar-refractivity contribution in [3.63, 3.8) is 0 Å². The lowest BCUT2D eigenvalue weighted by Crippen LogP contribution is -2.07. The molecule has 0 atom stereocenters. The fourth-order valence-electron chi connectivity index (χ4n) is 6.61. The number of hydrogen-bond donors (Lipinski definition) is 0. The van der Waals surface area contributed by atoms with E-state index in [-0.39, 0.29) is 17.9 Å². The number of rotatable bonds is 43. The fourth-order valence-corrected chi connectivity index (χ4v) is 6.71. The molecular formula is C49H77ClO10. The summed E-state index contributed by atoms with van der Waals surface area (Å²) in [7, 11) is 0. The third-order valence-electron chi connectivity index (χ3n) is 10.1. The van der Waals surface area contributed by atoms with Gasteiger partial charge in [-0.15, -0.1) is 0 Å². The minimum absolute atomic E-state index is 0.324. The SMILES string of the molecule is C=CC(=O)OCCCCCCCCCCCOc1cc(C(=O)Cl)cc(OCCCCCCCCCCCOC(=O)C=C)c1OCCCCCCCCCCCOC(=O)C=C. The Bertz CT molecular complexity index is 1260. The van der Waals surface area contributed by atoms with E-state index in [9.17, 15) is 19.2 Å². The van der Waals surface area contributed by atoms with Crippen LogP contribution in [0, 0.1) is 0 Å². The molecule has 0 aromatic heterocycles. The zero-order chi connectivity index (χ0) is 43.7. The van der Waals surface area contributed by atoms with E-state index in [1.165, 1.54) is 76.0 Å². The Morgan fingerprint density at radius 1 is 0.383 bits per heavy atom. The molecule has 11 heteroatoms. The number of carbonyl (C=O) groups excluding carboxylic acids is 4. The molecule has 0 spiro atoms. The average molecular weight is 862 g/mol. The van der Waals surface area contributed by atoms with Crippen LogP contribution in [0.5, 0.6) is 17.2 Å². The van der Waals surface area contributed by atoms with Gasteiger partial charge in [0.25, 0.3) is 5.24 Å². The van der Waals surface area contributed by atoms with E-state index < -0.39 is 5.24 Å². The van der Waals surface area contributed by atoms with Crippen LogP contribution in [0.15, 0.2) is 50.1 Å². The lowest BCUT2D eigenvalue weighted by Gasteiger charge is -2.18. The maximum absolute atomic E-state index is 12.3. The highest BCUT2D eigenvalue weighted by Crippen LogP contribution is 2.40. The van der Waals surface area contributed by atoms with Gasteiger partial charge in [0.05, 0.1) is 39.6 Å². The first-order valence-corrected chi connectivity index (χ1v) is 23.3. The second kappa shape index (κ2) is 39.4. The molecule has 60 heavy (non-hydrogen) atoms. The van der Waals surface area contributed by atoms with Crippen LogP contribution < -0.4 is 14.2 Å². The molecule has 0 saturated heterocycles. The molecule has 0 fully saturated rings. The molecule has 0 radical (unpaired) electrons. The number of carbonyl (C=O) groups is 4. The summed E-state index contributed by atoms with van der Waals surface area (Å²) in [6.07, 6.45) is 32.6. The molecule has 0 aliphatic heterocycles. The van der Waals surface area contributed by atoms with Gasteiger partial charge in [-0.2, -0.15) is 0 Å². The third-order valence-corrected chi connectivity index (χ3v) is 10.3. The molecule has 0 amide bonds. The summed E-state index contributed by atoms with van der Waals surface area (Å²) >= 11 is 5.98. The highest BCUT2D eigenvalue weighted by atomic mass is 35.5. The van der Waals surface area contributed by atoms with Crippen molar-refractivity contribution in [2.24, 2.45) is 0 Å². The Labute approximate surface area is 367 Å². The number of halogens is 1. The first kappa shape index (κ1) is 54.2. The molecule has 1 rings (SSSR count). The third kappa shape index (κ3) is 31.1. The van der Waals surface area contributed by atoms with Crippen molar-refractivity contribution in [3.05, 3.63) is 55.7 Å². The first-order valence-electron chi connectivity index (χ1n) is 23.0. The molecule has 0 saturated carbocycles. The van der Waals surface area contributed by atoms with Crippen LogP contribution >= 0.6 is 11.6 Å². The Balaban J connectivity index is 2.55. The van der Waals surface area contributed by atoms with Gasteiger partial charge >= 0.3 is 17.9 Å². The summed E-state index contributed by atoms with van der Waals surface area (Å²) in [6, 6.07) is 3.35. The highest BCUT2D eigenvalue weighted by molar-refractivity contribution is 6.67. The number of ether oxygens (including phenoxy) is 6. The van der Waals surface area contributed by atoms with Crippen molar-refractivity contribution >= 4 is 34.8 Å². The van der Waals surface area contributed by atoms with Crippen LogP contribution in [0.2, 0.25) is 0 Å². The zero-order valence-electron chi connectivity index (χ0n) is 36.8. The van der Waals surface area contributed by atoms with Crippen molar-refractivity contribution in [1.29, 1.82) is 0 Å². The number of unbranched alkanes of at least 4 members (excludes halogenated alkanes) is 24. The summed E-state index contributed by atoms with van der Waals surface area (Å²) in [6.45, 7) is 13.1. The molecule has 0 aliphatic rings. The summed E-state index contributed by atoms with van der Waals surface area (Å²) in [5, 5.41) is -0.567. The van der Waals surface area contributed by atoms with Gasteiger partial charge in [0.15, 0.2) is 11.5 Å². The van der Waals surface area contributed by atoms with Gasteiger partial charge in [0, 0.05) is 23.8 Å². The van der Waals surface area contributed by atoms with Gasteiger partial charge in [-0.25, -0.2) is 14.4 Å². The molecule has 10 nitrogen and oxygen atoms in total. The van der Waals surface area contributed by atoms with E-state index >= 15 is 0 Å². The quantitative estimate of drug-likeness (QED) is 0.0206. The number of benzene rings is 1. The Morgan fingerprint density at radius 3 is 0.867 bits per heavy atom. The van der Waals surface area contributed by atoms with E-state index in [1.807, 2.05) is 0 Å². The zero-order valence-corrected chi connectivity index (χ0v) is 37.6. The van der Waals surface area contributed by atoms with E-state index in [0.29, 0.717) is 62.5 Å². The normalized spacial score (nSPS) is 10.8. The van der Waals surface area contributed by atoms with Crippen LogP contribution in [0.4, 0.5) is 0 Å². The van der Waals surface area contributed by atoms with Crippen molar-refractivity contribution in [2.45, 2.75) is 173 Å². The van der Waals surface area contributed by atoms with Crippen molar-refractivity contribution in [3.8, 4) is 17.2 Å². The predicted molar refractivity (Wildman–Crippen MR) is 241 cm³/mol. The number of esters is 3.